The highest BCUT2D eigenvalue weighted by molar-refractivity contribution is 6.08. The molecule has 0 unspecified atom stereocenters. The number of amides is 1. The van der Waals surface area contributed by atoms with Crippen LogP contribution >= 0.6 is 0 Å². The molecule has 1 heterocycles. The largest absolute Gasteiger partial charge is 0.496 e. The maximum Gasteiger partial charge on any atom is 0.259 e. The number of carbonyl (C=O) groups excluding carboxylic acids is 1. The second-order valence-electron chi connectivity index (χ2n) is 6.68. The third kappa shape index (κ3) is 3.94. The van der Waals surface area contributed by atoms with Gasteiger partial charge in [0.25, 0.3) is 5.91 Å². The number of aromatic nitrogens is 2. The van der Waals surface area contributed by atoms with Crippen molar-refractivity contribution < 1.29 is 14.6 Å². The van der Waals surface area contributed by atoms with E-state index in [0.29, 0.717) is 22.7 Å². The Morgan fingerprint density at radius 1 is 1.03 bits per heavy atom. The Bertz CT molecular complexity index is 1170. The molecule has 6 nitrogen and oxygen atoms in total. The Balaban J connectivity index is 1.78. The van der Waals surface area contributed by atoms with Gasteiger partial charge in [0.15, 0.2) is 0 Å². The summed E-state index contributed by atoms with van der Waals surface area (Å²) in [5.41, 5.74) is 3.83. The fraction of sp³-hybridized carbons (Fsp3) is 0.0833. The Morgan fingerprint density at radius 2 is 1.80 bits per heavy atom. The zero-order chi connectivity index (χ0) is 20.9. The lowest BCUT2D eigenvalue weighted by atomic mass is 10.1. The number of ether oxygens (including phenoxy) is 1. The summed E-state index contributed by atoms with van der Waals surface area (Å²) in [6, 6.07) is 24.2. The average Bonchev–Trinajstić information content (AvgIpc) is 3.25. The van der Waals surface area contributed by atoms with Gasteiger partial charge in [0.05, 0.1) is 25.0 Å². The highest BCUT2D eigenvalue weighted by atomic mass is 16.5. The van der Waals surface area contributed by atoms with Gasteiger partial charge in [-0.3, -0.25) is 4.79 Å². The Hall–Kier alpha value is -3.90. The first kappa shape index (κ1) is 19.4. The highest BCUT2D eigenvalue weighted by Crippen LogP contribution is 2.32. The molecule has 0 radical (unpaired) electrons. The standard InChI is InChI=1S/C24H21N3O3/c1-30-22-13-6-5-12-20(22)23-21(15-27(26-23)19-10-3-2-4-11-19)24(29)25-18-9-7-8-17(14-18)16-28/h2-15,28H,16H2,1H3,(H,25,29). The molecule has 0 aliphatic rings. The molecule has 30 heavy (non-hydrogen) atoms. The molecule has 0 fully saturated rings. The normalized spacial score (nSPS) is 10.6. The lowest BCUT2D eigenvalue weighted by Crippen LogP contribution is -2.12. The zero-order valence-corrected chi connectivity index (χ0v) is 16.4. The molecule has 4 aromatic rings. The average molecular weight is 399 g/mol. The first-order chi connectivity index (χ1) is 14.7. The van der Waals surface area contributed by atoms with Gasteiger partial charge in [0.2, 0.25) is 0 Å². The summed E-state index contributed by atoms with van der Waals surface area (Å²) in [7, 11) is 1.59. The zero-order valence-electron chi connectivity index (χ0n) is 16.4. The third-order valence-electron chi connectivity index (χ3n) is 4.71. The molecule has 2 N–H and O–H groups in total. The predicted molar refractivity (Wildman–Crippen MR) is 116 cm³/mol. The molecular formula is C24H21N3O3. The number of para-hydroxylation sites is 2. The fourth-order valence-corrected chi connectivity index (χ4v) is 3.24. The second kappa shape index (κ2) is 8.63. The number of hydrogen-bond donors (Lipinski definition) is 2. The third-order valence-corrected chi connectivity index (χ3v) is 4.71. The summed E-state index contributed by atoms with van der Waals surface area (Å²) in [6.45, 7) is -0.0951. The Kier molecular flexibility index (Phi) is 5.59. The lowest BCUT2D eigenvalue weighted by molar-refractivity contribution is 0.102. The molecule has 1 amide bonds. The van der Waals surface area contributed by atoms with Gasteiger partial charge < -0.3 is 15.2 Å². The van der Waals surface area contributed by atoms with Crippen LogP contribution in [0.15, 0.2) is 85.1 Å². The monoisotopic (exact) mass is 399 g/mol. The number of hydrogen-bond acceptors (Lipinski definition) is 4. The van der Waals surface area contributed by atoms with Crippen molar-refractivity contribution in [2.24, 2.45) is 0 Å². The number of nitrogens with zero attached hydrogens (tertiary/aromatic N) is 2. The maximum absolute atomic E-state index is 13.2. The molecule has 6 heteroatoms. The second-order valence-corrected chi connectivity index (χ2v) is 6.68. The van der Waals surface area contributed by atoms with E-state index in [1.54, 1.807) is 42.3 Å². The highest BCUT2D eigenvalue weighted by Gasteiger charge is 2.21. The van der Waals surface area contributed by atoms with Gasteiger partial charge in [0, 0.05) is 17.4 Å². The molecule has 0 saturated carbocycles. The van der Waals surface area contributed by atoms with Gasteiger partial charge >= 0.3 is 0 Å². The van der Waals surface area contributed by atoms with Crippen molar-refractivity contribution in [3.05, 3.63) is 96.2 Å². The number of benzene rings is 3. The summed E-state index contributed by atoms with van der Waals surface area (Å²) in [4.78, 5) is 13.2. The lowest BCUT2D eigenvalue weighted by Gasteiger charge is -2.09. The van der Waals surface area contributed by atoms with Crippen LogP contribution < -0.4 is 10.1 Å². The van der Waals surface area contributed by atoms with Crippen molar-refractivity contribution in [1.29, 1.82) is 0 Å². The van der Waals surface area contributed by atoms with Crippen LogP contribution in [-0.2, 0) is 6.61 Å². The van der Waals surface area contributed by atoms with Crippen LogP contribution in [0.5, 0.6) is 5.75 Å². The predicted octanol–water partition coefficient (Wildman–Crippen LogP) is 4.29. The molecule has 0 bridgehead atoms. The molecular weight excluding hydrogens is 378 g/mol. The smallest absolute Gasteiger partial charge is 0.259 e. The van der Waals surface area contributed by atoms with E-state index in [1.807, 2.05) is 54.6 Å². The number of rotatable bonds is 6. The Morgan fingerprint density at radius 3 is 2.57 bits per heavy atom. The van der Waals surface area contributed by atoms with Crippen molar-refractivity contribution in [1.82, 2.24) is 9.78 Å². The van der Waals surface area contributed by atoms with Gasteiger partial charge in [0.1, 0.15) is 11.4 Å². The molecule has 150 valence electrons. The van der Waals surface area contributed by atoms with E-state index in [-0.39, 0.29) is 12.5 Å². The molecule has 0 saturated heterocycles. The first-order valence-electron chi connectivity index (χ1n) is 9.49. The number of aliphatic hydroxyl groups is 1. The van der Waals surface area contributed by atoms with Crippen LogP contribution in [0.1, 0.15) is 15.9 Å². The number of nitrogens with one attached hydrogen (secondary N) is 1. The molecule has 3 aromatic carbocycles. The molecule has 0 aliphatic heterocycles. The summed E-state index contributed by atoms with van der Waals surface area (Å²) in [5, 5.41) is 16.9. The van der Waals surface area contributed by atoms with Crippen LogP contribution in [0.4, 0.5) is 5.69 Å². The van der Waals surface area contributed by atoms with Crippen LogP contribution in [0, 0.1) is 0 Å². The summed E-state index contributed by atoms with van der Waals surface area (Å²) >= 11 is 0. The molecule has 4 rings (SSSR count). The topological polar surface area (TPSA) is 76.4 Å². The van der Waals surface area contributed by atoms with E-state index < -0.39 is 0 Å². The van der Waals surface area contributed by atoms with E-state index in [1.165, 1.54) is 0 Å². The SMILES string of the molecule is COc1ccccc1-c1nn(-c2ccccc2)cc1C(=O)Nc1cccc(CO)c1. The van der Waals surface area contributed by atoms with E-state index in [2.05, 4.69) is 5.32 Å². The van der Waals surface area contributed by atoms with Crippen molar-refractivity contribution in [2.45, 2.75) is 6.61 Å². The van der Waals surface area contributed by atoms with Gasteiger partial charge in [-0.2, -0.15) is 5.10 Å². The molecule has 0 spiro atoms. The summed E-state index contributed by atoms with van der Waals surface area (Å²) < 4.78 is 7.17. The first-order valence-corrected chi connectivity index (χ1v) is 9.49. The van der Waals surface area contributed by atoms with Crippen molar-refractivity contribution in [3.8, 4) is 22.7 Å². The van der Waals surface area contributed by atoms with Gasteiger partial charge in [-0.25, -0.2) is 4.68 Å². The van der Waals surface area contributed by atoms with E-state index in [0.717, 1.165) is 16.8 Å². The van der Waals surface area contributed by atoms with E-state index >= 15 is 0 Å². The maximum atomic E-state index is 13.2. The number of aliphatic hydroxyl groups excluding tert-OH is 1. The number of carbonyl (C=O) groups is 1. The fourth-order valence-electron chi connectivity index (χ4n) is 3.24. The number of methoxy groups -OCH3 is 1. The summed E-state index contributed by atoms with van der Waals surface area (Å²) in [5.74, 6) is 0.334. The molecule has 0 atom stereocenters. The van der Waals surface area contributed by atoms with Crippen molar-refractivity contribution in [2.75, 3.05) is 12.4 Å². The molecule has 1 aromatic heterocycles. The van der Waals surface area contributed by atoms with Gasteiger partial charge in [-0.1, -0.05) is 42.5 Å². The van der Waals surface area contributed by atoms with Crippen molar-refractivity contribution >= 4 is 11.6 Å². The Labute approximate surface area is 174 Å². The number of anilines is 1. The van der Waals surface area contributed by atoms with E-state index in [9.17, 15) is 9.90 Å². The summed E-state index contributed by atoms with van der Waals surface area (Å²) in [6.07, 6.45) is 1.71. The minimum atomic E-state index is -0.298. The van der Waals surface area contributed by atoms with Crippen LogP contribution in [0.2, 0.25) is 0 Å². The quantitative estimate of drug-likeness (QED) is 0.507. The molecule has 0 aliphatic carbocycles. The van der Waals surface area contributed by atoms with E-state index in [4.69, 9.17) is 9.84 Å². The van der Waals surface area contributed by atoms with Crippen LogP contribution in [0.3, 0.4) is 0 Å². The van der Waals surface area contributed by atoms with Crippen molar-refractivity contribution in [3.63, 3.8) is 0 Å². The minimum absolute atomic E-state index is 0.0951. The van der Waals surface area contributed by atoms with Crippen LogP contribution in [-0.4, -0.2) is 27.9 Å². The van der Waals surface area contributed by atoms with Gasteiger partial charge in [-0.15, -0.1) is 0 Å². The van der Waals surface area contributed by atoms with Gasteiger partial charge in [-0.05, 0) is 42.0 Å². The minimum Gasteiger partial charge on any atom is -0.496 e. The van der Waals surface area contributed by atoms with Crippen LogP contribution in [0.25, 0.3) is 16.9 Å².